The number of hydrogen-bond donors (Lipinski definition) is 1. The molecule has 146 valence electrons. The zero-order chi connectivity index (χ0) is 20.0. The van der Waals surface area contributed by atoms with E-state index in [1.807, 2.05) is 53.1 Å². The molecule has 3 nitrogen and oxygen atoms in total. The number of pyridine rings is 1. The van der Waals surface area contributed by atoms with E-state index in [1.165, 1.54) is 11.6 Å². The molecule has 1 aliphatic rings. The maximum atomic E-state index is 14.9. The van der Waals surface area contributed by atoms with Crippen LogP contribution in [-0.2, 0) is 5.75 Å². The summed E-state index contributed by atoms with van der Waals surface area (Å²) >= 11 is 1.76. The van der Waals surface area contributed by atoms with Crippen molar-refractivity contribution in [2.45, 2.75) is 24.2 Å². The molecule has 2 aromatic heterocycles. The van der Waals surface area contributed by atoms with Crippen LogP contribution in [0.2, 0.25) is 0 Å². The fraction of sp³-hybridized carbons (Fsp3) is 0.208. The van der Waals surface area contributed by atoms with Gasteiger partial charge in [-0.2, -0.15) is 11.8 Å². The molecule has 0 spiro atoms. The number of aliphatic hydroxyl groups excluding tert-OH is 1. The van der Waals surface area contributed by atoms with Crippen molar-refractivity contribution in [2.75, 3.05) is 6.26 Å². The number of halogens is 1. The Morgan fingerprint density at radius 1 is 1.14 bits per heavy atom. The summed E-state index contributed by atoms with van der Waals surface area (Å²) in [6.07, 6.45) is 3.86. The van der Waals surface area contributed by atoms with Crippen LogP contribution in [0.1, 0.15) is 41.0 Å². The highest BCUT2D eigenvalue weighted by Gasteiger charge is 2.35. The Bertz CT molecular complexity index is 1170. The van der Waals surface area contributed by atoms with Gasteiger partial charge in [0.1, 0.15) is 11.5 Å². The van der Waals surface area contributed by atoms with Crippen molar-refractivity contribution in [1.29, 1.82) is 0 Å². The molecule has 0 bridgehead atoms. The van der Waals surface area contributed by atoms with E-state index in [-0.39, 0.29) is 11.7 Å². The molecule has 0 aliphatic heterocycles. The van der Waals surface area contributed by atoms with Crippen LogP contribution >= 0.6 is 11.8 Å². The topological polar surface area (TPSA) is 37.5 Å². The fourth-order valence-corrected chi connectivity index (χ4v) is 4.80. The van der Waals surface area contributed by atoms with Crippen LogP contribution in [0.5, 0.6) is 0 Å². The fourth-order valence-electron chi connectivity index (χ4n) is 4.28. The maximum Gasteiger partial charge on any atom is 0.140 e. The molecule has 1 aliphatic carbocycles. The summed E-state index contributed by atoms with van der Waals surface area (Å²) in [7, 11) is 0. The smallest absolute Gasteiger partial charge is 0.140 e. The highest BCUT2D eigenvalue weighted by atomic mass is 32.2. The summed E-state index contributed by atoms with van der Waals surface area (Å²) in [6.45, 7) is 0. The first-order valence-electron chi connectivity index (χ1n) is 9.68. The molecule has 1 N–H and O–H groups in total. The van der Waals surface area contributed by atoms with Gasteiger partial charge >= 0.3 is 0 Å². The van der Waals surface area contributed by atoms with Crippen LogP contribution in [0.15, 0.2) is 66.9 Å². The van der Waals surface area contributed by atoms with E-state index in [1.54, 1.807) is 11.8 Å². The van der Waals surface area contributed by atoms with Crippen LogP contribution in [0, 0.1) is 5.82 Å². The van der Waals surface area contributed by atoms with Crippen molar-refractivity contribution in [3.8, 4) is 11.1 Å². The number of aliphatic hydroxyl groups is 1. The van der Waals surface area contributed by atoms with Gasteiger partial charge < -0.3 is 9.51 Å². The number of thioether (sulfide) groups is 1. The van der Waals surface area contributed by atoms with Gasteiger partial charge in [0.05, 0.1) is 17.5 Å². The molecule has 0 amide bonds. The van der Waals surface area contributed by atoms with Crippen molar-refractivity contribution in [1.82, 2.24) is 9.38 Å². The number of fused-ring (bicyclic) bond motifs is 3. The lowest BCUT2D eigenvalue weighted by molar-refractivity contribution is 0.172. The molecular weight excluding hydrogens is 383 g/mol. The number of imidazole rings is 1. The van der Waals surface area contributed by atoms with Crippen LogP contribution in [0.4, 0.5) is 4.39 Å². The molecule has 0 radical (unpaired) electrons. The van der Waals surface area contributed by atoms with Gasteiger partial charge in [-0.3, -0.25) is 0 Å². The number of aromatic nitrogens is 2. The molecule has 29 heavy (non-hydrogen) atoms. The van der Waals surface area contributed by atoms with Gasteiger partial charge in [0.15, 0.2) is 0 Å². The number of nitrogens with zero attached hydrogens (tertiary/aromatic N) is 2. The summed E-state index contributed by atoms with van der Waals surface area (Å²) in [5.74, 6) is 0.677. The molecule has 0 saturated heterocycles. The van der Waals surface area contributed by atoms with Gasteiger partial charge in [0, 0.05) is 29.5 Å². The van der Waals surface area contributed by atoms with Gasteiger partial charge in [-0.25, -0.2) is 9.37 Å². The summed E-state index contributed by atoms with van der Waals surface area (Å²) < 4.78 is 16.9. The van der Waals surface area contributed by atoms with E-state index in [0.29, 0.717) is 23.3 Å². The van der Waals surface area contributed by atoms with Crippen molar-refractivity contribution in [2.24, 2.45) is 0 Å². The second-order valence-electron chi connectivity index (χ2n) is 7.49. The summed E-state index contributed by atoms with van der Waals surface area (Å²) in [5, 5.41) is 10.6. The third-order valence-corrected chi connectivity index (χ3v) is 6.28. The lowest BCUT2D eigenvalue weighted by Gasteiger charge is -2.14. The summed E-state index contributed by atoms with van der Waals surface area (Å²) in [4.78, 5) is 4.55. The quantitative estimate of drug-likeness (QED) is 0.483. The molecule has 0 saturated carbocycles. The predicted molar refractivity (Wildman–Crippen MR) is 116 cm³/mol. The van der Waals surface area contributed by atoms with Gasteiger partial charge in [0.2, 0.25) is 0 Å². The zero-order valence-corrected chi connectivity index (χ0v) is 16.9. The third-order valence-electron chi connectivity index (χ3n) is 5.66. The summed E-state index contributed by atoms with van der Waals surface area (Å²) in [5.41, 5.74) is 5.89. The highest BCUT2D eigenvalue weighted by molar-refractivity contribution is 7.97. The minimum atomic E-state index is -0.632. The van der Waals surface area contributed by atoms with Gasteiger partial charge in [0.25, 0.3) is 0 Å². The minimum absolute atomic E-state index is 0.0402. The van der Waals surface area contributed by atoms with Crippen molar-refractivity contribution in [3.63, 3.8) is 0 Å². The first-order chi connectivity index (χ1) is 14.2. The van der Waals surface area contributed by atoms with E-state index in [0.717, 1.165) is 22.6 Å². The van der Waals surface area contributed by atoms with E-state index in [9.17, 15) is 9.50 Å². The monoisotopic (exact) mass is 404 g/mol. The normalized spacial score (nSPS) is 18.3. The Morgan fingerprint density at radius 3 is 2.62 bits per heavy atom. The lowest BCUT2D eigenvalue weighted by atomic mass is 9.96. The number of rotatable bonds is 4. The molecule has 2 unspecified atom stereocenters. The maximum absolute atomic E-state index is 14.9. The Labute approximate surface area is 173 Å². The molecular formula is C24H21FN2OS. The van der Waals surface area contributed by atoms with Crippen molar-refractivity contribution >= 4 is 17.4 Å². The van der Waals surface area contributed by atoms with Crippen LogP contribution in [0.3, 0.4) is 0 Å². The Kier molecular flexibility index (Phi) is 4.64. The lowest BCUT2D eigenvalue weighted by Crippen LogP contribution is -2.02. The Morgan fingerprint density at radius 2 is 1.90 bits per heavy atom. The van der Waals surface area contributed by atoms with Gasteiger partial charge in [-0.15, -0.1) is 0 Å². The molecule has 2 aromatic carbocycles. The molecule has 2 heterocycles. The molecule has 4 aromatic rings. The highest BCUT2D eigenvalue weighted by Crippen LogP contribution is 2.44. The van der Waals surface area contributed by atoms with E-state index in [2.05, 4.69) is 23.4 Å². The SMILES string of the molecule is CSCc1ccc(-c2cn3c4c(nc3cc2F)C(O)CC4c2ccccc2)cc1. The average molecular weight is 405 g/mol. The van der Waals surface area contributed by atoms with Crippen LogP contribution < -0.4 is 0 Å². The average Bonchev–Trinajstić information content (AvgIpc) is 3.26. The number of benzene rings is 2. The van der Waals surface area contributed by atoms with Crippen molar-refractivity contribution < 1.29 is 9.50 Å². The van der Waals surface area contributed by atoms with E-state index < -0.39 is 6.10 Å². The zero-order valence-electron chi connectivity index (χ0n) is 16.0. The molecule has 5 heteroatoms. The van der Waals surface area contributed by atoms with Crippen molar-refractivity contribution in [3.05, 3.63) is 95.2 Å². The van der Waals surface area contributed by atoms with Gasteiger partial charge in [-0.1, -0.05) is 54.6 Å². The minimum Gasteiger partial charge on any atom is -0.387 e. The second-order valence-corrected chi connectivity index (χ2v) is 8.36. The van der Waals surface area contributed by atoms with Crippen LogP contribution in [0.25, 0.3) is 16.8 Å². The number of hydrogen-bond acceptors (Lipinski definition) is 3. The Balaban J connectivity index is 1.65. The second kappa shape index (κ2) is 7.32. The summed E-state index contributed by atoms with van der Waals surface area (Å²) in [6, 6.07) is 19.6. The van der Waals surface area contributed by atoms with E-state index in [4.69, 9.17) is 0 Å². The molecule has 2 atom stereocenters. The first kappa shape index (κ1) is 18.4. The predicted octanol–water partition coefficient (Wildman–Crippen LogP) is 5.57. The Hall–Kier alpha value is -2.63. The third kappa shape index (κ3) is 3.15. The molecule has 5 rings (SSSR count). The first-order valence-corrected chi connectivity index (χ1v) is 11.1. The van der Waals surface area contributed by atoms with E-state index >= 15 is 0 Å². The van der Waals surface area contributed by atoms with Gasteiger partial charge in [-0.05, 0) is 29.4 Å². The standard InChI is InChI=1S/C24H21FN2OS/c1-29-14-15-7-9-17(10-8-15)19-13-27-22(12-20(19)25)26-23-21(28)11-18(24(23)27)16-5-3-2-4-6-16/h2-10,12-13,18,21,28H,11,14H2,1H3. The van der Waals surface area contributed by atoms with Crippen LogP contribution in [-0.4, -0.2) is 20.7 Å². The molecule has 0 fully saturated rings. The largest absolute Gasteiger partial charge is 0.387 e.